The Morgan fingerprint density at radius 2 is 2.24 bits per heavy atom. The van der Waals surface area contributed by atoms with Crippen LogP contribution in [-0.2, 0) is 16.6 Å². The van der Waals surface area contributed by atoms with Gasteiger partial charge in [-0.3, -0.25) is 0 Å². The van der Waals surface area contributed by atoms with Gasteiger partial charge in [-0.25, -0.2) is 13.1 Å². The van der Waals surface area contributed by atoms with E-state index in [2.05, 4.69) is 16.6 Å². The van der Waals surface area contributed by atoms with Crippen molar-refractivity contribution in [3.05, 3.63) is 18.0 Å². The second-order valence-electron chi connectivity index (χ2n) is 5.05. The van der Waals surface area contributed by atoms with E-state index in [1.165, 1.54) is 12.6 Å². The molecule has 6 heteroatoms. The molecule has 0 aliphatic heterocycles. The fourth-order valence-electron chi connectivity index (χ4n) is 2.00. The van der Waals surface area contributed by atoms with Gasteiger partial charge in [0.05, 0.1) is 4.90 Å². The van der Waals surface area contributed by atoms with Gasteiger partial charge in [-0.2, -0.15) is 0 Å². The van der Waals surface area contributed by atoms with Crippen molar-refractivity contribution in [1.82, 2.24) is 9.71 Å². The molecule has 1 aromatic rings. The van der Waals surface area contributed by atoms with E-state index >= 15 is 0 Å². The summed E-state index contributed by atoms with van der Waals surface area (Å²) in [6, 6.07) is 1.57. The number of rotatable bonds is 5. The number of nitrogens with two attached hydrogens (primary N) is 1. The van der Waals surface area contributed by atoms with Gasteiger partial charge in [0.1, 0.15) is 0 Å². The Balaban J connectivity index is 2.03. The minimum absolute atomic E-state index is 0.139. The maximum absolute atomic E-state index is 12.0. The van der Waals surface area contributed by atoms with Gasteiger partial charge < -0.3 is 10.7 Å². The first kappa shape index (κ1) is 12.6. The van der Waals surface area contributed by atoms with E-state index in [-0.39, 0.29) is 10.3 Å². The summed E-state index contributed by atoms with van der Waals surface area (Å²) in [5.41, 5.74) is 6.30. The lowest BCUT2D eigenvalue weighted by atomic mass is 9.71. The standard InChI is InChI=1S/C11H19N3O2S/c1-11(3-2-4-11)8-14-17(15,16)10-5-9(6-12)13-7-10/h5,7,13-14H,2-4,6,8,12H2,1H3. The van der Waals surface area contributed by atoms with Crippen molar-refractivity contribution in [1.29, 1.82) is 0 Å². The van der Waals surface area contributed by atoms with Gasteiger partial charge in [0.2, 0.25) is 10.0 Å². The molecule has 1 fully saturated rings. The maximum atomic E-state index is 12.0. The molecule has 0 amide bonds. The van der Waals surface area contributed by atoms with Crippen LogP contribution in [0, 0.1) is 5.41 Å². The highest BCUT2D eigenvalue weighted by Crippen LogP contribution is 2.39. The molecule has 1 saturated carbocycles. The number of sulfonamides is 1. The van der Waals surface area contributed by atoms with Crippen LogP contribution in [0.1, 0.15) is 31.9 Å². The van der Waals surface area contributed by atoms with Crippen LogP contribution in [0.15, 0.2) is 17.2 Å². The van der Waals surface area contributed by atoms with Crippen LogP contribution in [-0.4, -0.2) is 19.9 Å². The lowest BCUT2D eigenvalue weighted by Gasteiger charge is -2.38. The largest absolute Gasteiger partial charge is 0.363 e. The van der Waals surface area contributed by atoms with Gasteiger partial charge in [-0.1, -0.05) is 13.3 Å². The van der Waals surface area contributed by atoms with E-state index in [4.69, 9.17) is 5.73 Å². The molecule has 96 valence electrons. The molecule has 0 unspecified atom stereocenters. The number of nitrogens with one attached hydrogen (secondary N) is 2. The lowest BCUT2D eigenvalue weighted by Crippen LogP contribution is -2.39. The molecule has 0 spiro atoms. The molecule has 0 saturated heterocycles. The third-order valence-corrected chi connectivity index (χ3v) is 4.88. The van der Waals surface area contributed by atoms with Gasteiger partial charge in [0.25, 0.3) is 0 Å². The number of aromatic nitrogens is 1. The molecule has 1 heterocycles. The summed E-state index contributed by atoms with van der Waals surface area (Å²) >= 11 is 0. The summed E-state index contributed by atoms with van der Waals surface area (Å²) in [5.74, 6) is 0. The Labute approximate surface area is 102 Å². The predicted molar refractivity (Wildman–Crippen MR) is 65.8 cm³/mol. The number of aromatic amines is 1. The predicted octanol–water partition coefficient (Wildman–Crippen LogP) is 0.942. The second kappa shape index (κ2) is 4.44. The first-order valence-electron chi connectivity index (χ1n) is 5.82. The molecule has 17 heavy (non-hydrogen) atoms. The number of hydrogen-bond donors (Lipinski definition) is 3. The third kappa shape index (κ3) is 2.70. The van der Waals surface area contributed by atoms with Crippen molar-refractivity contribution in [2.45, 2.75) is 37.6 Å². The third-order valence-electron chi connectivity index (χ3n) is 3.50. The minimum atomic E-state index is -3.40. The fraction of sp³-hybridized carbons (Fsp3) is 0.636. The van der Waals surface area contributed by atoms with Crippen LogP contribution in [0.3, 0.4) is 0 Å². The maximum Gasteiger partial charge on any atom is 0.242 e. The number of H-pyrrole nitrogens is 1. The molecule has 1 aromatic heterocycles. The van der Waals surface area contributed by atoms with Crippen LogP contribution < -0.4 is 10.5 Å². The molecular formula is C11H19N3O2S. The van der Waals surface area contributed by atoms with Gasteiger partial charge in [-0.05, 0) is 24.3 Å². The highest BCUT2D eigenvalue weighted by Gasteiger charge is 2.33. The normalized spacial score (nSPS) is 18.9. The molecule has 0 bridgehead atoms. The average molecular weight is 257 g/mol. The Morgan fingerprint density at radius 3 is 2.71 bits per heavy atom. The van der Waals surface area contributed by atoms with E-state index in [0.29, 0.717) is 13.1 Å². The smallest absolute Gasteiger partial charge is 0.242 e. The minimum Gasteiger partial charge on any atom is -0.363 e. The molecule has 0 radical (unpaired) electrons. The van der Waals surface area contributed by atoms with Crippen LogP contribution in [0.2, 0.25) is 0 Å². The summed E-state index contributed by atoms with van der Waals surface area (Å²) < 4.78 is 26.6. The van der Waals surface area contributed by atoms with Crippen molar-refractivity contribution < 1.29 is 8.42 Å². The van der Waals surface area contributed by atoms with Gasteiger partial charge in [0, 0.05) is 25.0 Å². The molecule has 1 aliphatic rings. The van der Waals surface area contributed by atoms with Crippen LogP contribution in [0.4, 0.5) is 0 Å². The highest BCUT2D eigenvalue weighted by molar-refractivity contribution is 7.89. The van der Waals surface area contributed by atoms with Crippen LogP contribution in [0.5, 0.6) is 0 Å². The molecule has 0 atom stereocenters. The molecule has 4 N–H and O–H groups in total. The summed E-state index contributed by atoms with van der Waals surface area (Å²) in [4.78, 5) is 3.11. The summed E-state index contributed by atoms with van der Waals surface area (Å²) in [6.07, 6.45) is 4.86. The van der Waals surface area contributed by atoms with Crippen molar-refractivity contribution in [2.75, 3.05) is 6.54 Å². The number of hydrogen-bond acceptors (Lipinski definition) is 3. The average Bonchev–Trinajstić information content (AvgIpc) is 2.73. The van der Waals surface area contributed by atoms with E-state index in [9.17, 15) is 8.42 Å². The Hall–Kier alpha value is -0.850. The van der Waals surface area contributed by atoms with Crippen LogP contribution >= 0.6 is 0 Å². The molecule has 5 nitrogen and oxygen atoms in total. The van der Waals surface area contributed by atoms with Gasteiger partial charge in [-0.15, -0.1) is 0 Å². The van der Waals surface area contributed by atoms with E-state index in [1.807, 2.05) is 0 Å². The van der Waals surface area contributed by atoms with Gasteiger partial charge >= 0.3 is 0 Å². The molecular weight excluding hydrogens is 238 g/mol. The Kier molecular flexibility index (Phi) is 3.29. The molecule has 0 aromatic carbocycles. The van der Waals surface area contributed by atoms with E-state index in [0.717, 1.165) is 18.5 Å². The van der Waals surface area contributed by atoms with E-state index < -0.39 is 10.0 Å². The molecule has 1 aliphatic carbocycles. The zero-order valence-electron chi connectivity index (χ0n) is 9.99. The zero-order chi connectivity index (χ0) is 12.5. The molecule has 2 rings (SSSR count). The first-order valence-corrected chi connectivity index (χ1v) is 7.31. The quantitative estimate of drug-likeness (QED) is 0.733. The summed E-state index contributed by atoms with van der Waals surface area (Å²) in [7, 11) is -3.40. The zero-order valence-corrected chi connectivity index (χ0v) is 10.8. The highest BCUT2D eigenvalue weighted by atomic mass is 32.2. The fourth-order valence-corrected chi connectivity index (χ4v) is 3.22. The summed E-state index contributed by atoms with van der Waals surface area (Å²) in [5, 5.41) is 0. The lowest BCUT2D eigenvalue weighted by molar-refractivity contribution is 0.166. The van der Waals surface area contributed by atoms with E-state index in [1.54, 1.807) is 6.07 Å². The Bertz CT molecular complexity index is 489. The van der Waals surface area contributed by atoms with Crippen LogP contribution in [0.25, 0.3) is 0 Å². The first-order chi connectivity index (χ1) is 7.95. The topological polar surface area (TPSA) is 88.0 Å². The Morgan fingerprint density at radius 1 is 1.53 bits per heavy atom. The SMILES string of the molecule is CC1(CNS(=O)(=O)c2c[nH]c(CN)c2)CCC1. The summed E-state index contributed by atoms with van der Waals surface area (Å²) in [6.45, 7) is 2.94. The second-order valence-corrected chi connectivity index (χ2v) is 6.82. The van der Waals surface area contributed by atoms with Crippen molar-refractivity contribution in [3.8, 4) is 0 Å². The van der Waals surface area contributed by atoms with Crippen molar-refractivity contribution in [3.63, 3.8) is 0 Å². The van der Waals surface area contributed by atoms with Crippen molar-refractivity contribution in [2.24, 2.45) is 11.1 Å². The van der Waals surface area contributed by atoms with Crippen molar-refractivity contribution >= 4 is 10.0 Å². The monoisotopic (exact) mass is 257 g/mol. The van der Waals surface area contributed by atoms with Gasteiger partial charge in [0.15, 0.2) is 0 Å².